The third-order valence-electron chi connectivity index (χ3n) is 12.8. The van der Waals surface area contributed by atoms with E-state index < -0.39 is 17.2 Å². The molecule has 0 N–H and O–H groups in total. The Kier molecular flexibility index (Phi) is 43.4. The van der Waals surface area contributed by atoms with Crippen molar-refractivity contribution in [2.24, 2.45) is 39.9 Å². The van der Waals surface area contributed by atoms with Crippen LogP contribution in [0, 0.1) is 0 Å². The fraction of sp³-hybridized carbons (Fsp3) is 0.371. The van der Waals surface area contributed by atoms with E-state index in [9.17, 15) is 0 Å². The van der Waals surface area contributed by atoms with Crippen molar-refractivity contribution in [1.29, 1.82) is 0 Å². The summed E-state index contributed by atoms with van der Waals surface area (Å²) < 4.78 is 35.3. The van der Waals surface area contributed by atoms with Crippen LogP contribution in [-0.4, -0.2) is 98.1 Å². The summed E-state index contributed by atoms with van der Waals surface area (Å²) >= 11 is 0. The third-order valence-corrected chi connectivity index (χ3v) is 15.2. The number of hydrogen-bond donors (Lipinski definition) is 0. The molecule has 474 valence electrons. The molecule has 0 saturated carbocycles. The Morgan fingerprint density at radius 2 is 0.386 bits per heavy atom. The average molecular weight is 1320 g/mol. The molecule has 6 aromatic carbocycles. The maximum atomic E-state index is 5.88. The van der Waals surface area contributed by atoms with Gasteiger partial charge in [-0.15, -0.1) is 0 Å². The molecule has 0 aliphatic carbocycles. The number of nitrogens with zero attached hydrogens (tertiary/aromatic N) is 8. The molecule has 14 nitrogen and oxygen atoms in total. The van der Waals surface area contributed by atoms with Gasteiger partial charge in [0, 0.05) is 86.5 Å². The van der Waals surface area contributed by atoms with Crippen LogP contribution >= 0.6 is 17.2 Å². The first kappa shape index (κ1) is 77.5. The first-order valence-corrected chi connectivity index (χ1v) is 32.6. The first-order valence-electron chi connectivity index (χ1n) is 30.1. The molecule has 2 aliphatic rings. The van der Waals surface area contributed by atoms with Crippen molar-refractivity contribution >= 4 is 62.9 Å². The van der Waals surface area contributed by atoms with Crippen molar-refractivity contribution in [3.8, 4) is 34.5 Å². The number of hydrogen-bond acceptors (Lipinski definition) is 14. The Labute approximate surface area is 550 Å². The van der Waals surface area contributed by atoms with Crippen LogP contribution in [0.15, 0.2) is 222 Å². The van der Waals surface area contributed by atoms with Crippen molar-refractivity contribution < 1.29 is 61.3 Å². The first-order chi connectivity index (χ1) is 41.9. The summed E-state index contributed by atoms with van der Waals surface area (Å²) in [6.45, 7) is 27.3. The minimum Gasteiger partial charge on any atom is -0.288 e. The number of rotatable bonds is 15. The molecule has 0 saturated heterocycles. The average Bonchev–Trinajstić information content (AvgIpc) is 3.68. The summed E-state index contributed by atoms with van der Waals surface area (Å²) in [5.41, 5.74) is 8.39. The third kappa shape index (κ3) is 36.0. The van der Waals surface area contributed by atoms with Gasteiger partial charge in [-0.2, -0.15) is 0 Å². The molecule has 2 aliphatic heterocycles. The van der Waals surface area contributed by atoms with Gasteiger partial charge in [-0.1, -0.05) is 149 Å². The van der Waals surface area contributed by atoms with E-state index in [-0.39, 0.29) is 34.1 Å². The second-order valence-electron chi connectivity index (χ2n) is 19.8. The van der Waals surface area contributed by atoms with Crippen molar-refractivity contribution in [3.05, 3.63) is 182 Å². The molecule has 0 radical (unpaired) electrons. The number of unbranched alkanes of at least 4 members (excludes halogenated alkanes) is 3. The van der Waals surface area contributed by atoms with Gasteiger partial charge >= 0.3 is 17.2 Å². The van der Waals surface area contributed by atoms with E-state index in [0.717, 1.165) is 158 Å². The molecule has 88 heavy (non-hydrogen) atoms. The smallest absolute Gasteiger partial charge is 0.288 e. The molecule has 2 heterocycles. The van der Waals surface area contributed by atoms with Crippen LogP contribution < -0.4 is 27.1 Å². The van der Waals surface area contributed by atoms with Gasteiger partial charge in [-0.3, -0.25) is 67.1 Å². The number of benzene rings is 6. The van der Waals surface area contributed by atoms with Crippen LogP contribution in [0.2, 0.25) is 0 Å². The van der Waals surface area contributed by atoms with Crippen LogP contribution in [-0.2, 0) is 34.1 Å². The van der Waals surface area contributed by atoms with E-state index in [1.54, 1.807) is 0 Å². The maximum absolute atomic E-state index is 5.88. The summed E-state index contributed by atoms with van der Waals surface area (Å²) in [6.07, 6.45) is 9.46. The summed E-state index contributed by atoms with van der Waals surface area (Å²) in [6, 6.07) is 57.2. The van der Waals surface area contributed by atoms with Gasteiger partial charge in [-0.05, 0) is 154 Å². The van der Waals surface area contributed by atoms with Gasteiger partial charge in [0.25, 0.3) is 0 Å². The van der Waals surface area contributed by atoms with E-state index >= 15 is 0 Å². The van der Waals surface area contributed by atoms with Gasteiger partial charge in [0.15, 0.2) is 34.5 Å². The summed E-state index contributed by atoms with van der Waals surface area (Å²) in [7, 11) is -4.00. The maximum Gasteiger partial charge on any atom is 0.528 e. The molecule has 0 atom stereocenters. The second-order valence-corrected chi connectivity index (χ2v) is 22.1. The molecular formula is C70H94Fe2N8O6P2+2. The molecule has 6 aromatic rings. The van der Waals surface area contributed by atoms with Gasteiger partial charge < -0.3 is 0 Å². The van der Waals surface area contributed by atoms with Crippen LogP contribution in [0.5, 0.6) is 34.5 Å². The zero-order valence-corrected chi connectivity index (χ0v) is 57.6. The molecule has 0 fully saturated rings. The Morgan fingerprint density at radius 1 is 0.250 bits per heavy atom. The number of para-hydroxylation sites is 6. The second kappa shape index (κ2) is 49.3. The number of aliphatic imine (C=N–C) groups is 8. The van der Waals surface area contributed by atoms with Gasteiger partial charge in [-0.25, -0.2) is 0 Å². The molecule has 0 unspecified atom stereocenters. The minimum absolute atomic E-state index is 0. The molecular weight excluding hydrogens is 1220 g/mol. The Hall–Kier alpha value is -6.62. The normalized spacial score (nSPS) is 14.0. The predicted molar refractivity (Wildman–Crippen MR) is 371 cm³/mol. The van der Waals surface area contributed by atoms with Gasteiger partial charge in [0.05, 0.1) is 45.7 Å². The van der Waals surface area contributed by atoms with Crippen LogP contribution in [0.25, 0.3) is 0 Å². The van der Waals surface area contributed by atoms with Crippen molar-refractivity contribution in [2.75, 3.05) is 52.4 Å². The monoisotopic (exact) mass is 1320 g/mol. The van der Waals surface area contributed by atoms with E-state index in [0.29, 0.717) is 0 Å². The minimum atomic E-state index is -2.00. The van der Waals surface area contributed by atoms with Gasteiger partial charge in [0.1, 0.15) is 0 Å². The Balaban J connectivity index is 0.000000386. The zero-order valence-electron chi connectivity index (χ0n) is 53.4. The quantitative estimate of drug-likeness (QED) is 0.0566. The van der Waals surface area contributed by atoms with Gasteiger partial charge in [0.2, 0.25) is 0 Å². The topological polar surface area (TPSA) is 154 Å². The van der Waals surface area contributed by atoms with Crippen LogP contribution in [0.4, 0.5) is 0 Å². The standard InChI is InChI=1S/2C18H16O3P.2C14H24N4.C6H14.2Fe/c2*1-4-10-16(11-5-1)19-22(20-17-12-6-2-7-13-17)21-18-14-8-3-9-15-18;2*1-11-12(2)16-8-6-10-18-14(4)13(3)17-9-5-7-15-11;1-3-5-6-4-2;;/h2*1-15,22H;2*5-10H2,1-4H3;3-6H2,1-2H3;;/q2*+1;;;;;. The summed E-state index contributed by atoms with van der Waals surface area (Å²) in [5.74, 6) is 4.35. The molecule has 8 rings (SSSR count). The van der Waals surface area contributed by atoms with E-state index in [4.69, 9.17) is 27.1 Å². The van der Waals surface area contributed by atoms with Crippen molar-refractivity contribution in [1.82, 2.24) is 0 Å². The van der Waals surface area contributed by atoms with Crippen LogP contribution in [0.3, 0.4) is 0 Å². The fourth-order valence-electron chi connectivity index (χ4n) is 7.31. The van der Waals surface area contributed by atoms with E-state index in [2.05, 4.69) is 53.8 Å². The van der Waals surface area contributed by atoms with E-state index in [1.165, 1.54) is 25.7 Å². The summed E-state index contributed by atoms with van der Waals surface area (Å²) in [5, 5.41) is 0. The van der Waals surface area contributed by atoms with Crippen molar-refractivity contribution in [2.45, 2.75) is 121 Å². The molecule has 0 spiro atoms. The molecule has 18 heteroatoms. The van der Waals surface area contributed by atoms with E-state index in [1.807, 2.05) is 237 Å². The van der Waals surface area contributed by atoms with Crippen LogP contribution in [0.1, 0.15) is 121 Å². The van der Waals surface area contributed by atoms with Crippen molar-refractivity contribution in [3.63, 3.8) is 0 Å². The SMILES string of the molecule is CC1=NCCCN=C(C)C(C)=NCCCN=C1C.CC1=NCCCN=C(C)C(C)=NCCCN=C1C.CCCCCC.[Fe].[Fe].c1ccc(O[PH+](Oc2ccccc2)Oc2ccccc2)cc1.c1ccc(O[PH+](Oc2ccccc2)Oc2ccccc2)cc1. The largest absolute Gasteiger partial charge is 0.528 e. The predicted octanol–water partition coefficient (Wildman–Crippen LogP) is 18.2. The summed E-state index contributed by atoms with van der Waals surface area (Å²) in [4.78, 5) is 36.2. The Bertz CT molecular complexity index is 2470. The zero-order chi connectivity index (χ0) is 61.7. The fourth-order valence-corrected chi connectivity index (χ4v) is 9.53. The molecule has 0 aromatic heterocycles. The Morgan fingerprint density at radius 3 is 0.511 bits per heavy atom. The molecule has 0 bridgehead atoms. The molecule has 0 amide bonds.